The molecular formula is C31H33BN4O3. The third-order valence-corrected chi connectivity index (χ3v) is 7.23. The number of carbonyl (C=O) groups is 1. The number of fused-ring (bicyclic) bond motifs is 1. The Morgan fingerprint density at radius 2 is 1.90 bits per heavy atom. The van der Waals surface area contributed by atoms with E-state index in [9.17, 15) is 14.5 Å². The van der Waals surface area contributed by atoms with Gasteiger partial charge < -0.3 is 15.2 Å². The summed E-state index contributed by atoms with van der Waals surface area (Å²) in [5.41, 5.74) is 5.03. The van der Waals surface area contributed by atoms with Gasteiger partial charge in [0.2, 0.25) is 5.91 Å². The number of H-pyrrole nitrogens is 1. The Morgan fingerprint density at radius 1 is 1.10 bits per heavy atom. The number of aromatic amines is 1. The highest BCUT2D eigenvalue weighted by molar-refractivity contribution is 6.33. The molecule has 7 nitrogen and oxygen atoms in total. The predicted molar refractivity (Wildman–Crippen MR) is 159 cm³/mol. The fourth-order valence-corrected chi connectivity index (χ4v) is 5.09. The number of benzene rings is 3. The normalized spacial score (nSPS) is 12.6. The molecule has 1 unspecified atom stereocenters. The van der Waals surface area contributed by atoms with Crippen LogP contribution in [-0.4, -0.2) is 30.7 Å². The second kappa shape index (κ2) is 12.1. The van der Waals surface area contributed by atoms with Gasteiger partial charge in [-0.05, 0) is 82.4 Å². The summed E-state index contributed by atoms with van der Waals surface area (Å²) in [4.78, 5) is 41.7. The van der Waals surface area contributed by atoms with E-state index in [0.717, 1.165) is 29.4 Å². The minimum absolute atomic E-state index is 0.185. The molecule has 0 spiro atoms. The predicted octanol–water partition coefficient (Wildman–Crippen LogP) is 5.74. The lowest BCUT2D eigenvalue weighted by Crippen LogP contribution is -2.36. The van der Waals surface area contributed by atoms with Gasteiger partial charge in [0.25, 0.3) is 5.56 Å². The number of nitrogens with zero attached hydrogens (tertiary/aromatic N) is 2. The van der Waals surface area contributed by atoms with Gasteiger partial charge in [-0.15, -0.1) is 4.91 Å². The number of amides is 1. The number of nitroso groups, excluding NO2 is 1. The van der Waals surface area contributed by atoms with Gasteiger partial charge in [0.05, 0.1) is 0 Å². The van der Waals surface area contributed by atoms with Crippen molar-refractivity contribution < 1.29 is 4.79 Å². The molecule has 1 amide bonds. The summed E-state index contributed by atoms with van der Waals surface area (Å²) in [5, 5.41) is 7.71. The van der Waals surface area contributed by atoms with Gasteiger partial charge in [0.15, 0.2) is 0 Å². The first kappa shape index (κ1) is 27.8. The summed E-state index contributed by atoms with van der Waals surface area (Å²) in [5.74, 6) is 0.234. The van der Waals surface area contributed by atoms with Crippen LogP contribution in [0.1, 0.15) is 60.9 Å². The fraction of sp³-hybridized carbons (Fsp3) is 0.290. The molecule has 1 aromatic heterocycles. The molecule has 0 saturated carbocycles. The van der Waals surface area contributed by atoms with Crippen LogP contribution in [0.2, 0.25) is 0 Å². The number of nitrogens with one attached hydrogen (secondary N) is 2. The molecule has 4 aromatic rings. The van der Waals surface area contributed by atoms with E-state index in [2.05, 4.69) is 48.4 Å². The zero-order valence-corrected chi connectivity index (χ0v) is 22.8. The van der Waals surface area contributed by atoms with Gasteiger partial charge in [-0.3, -0.25) is 9.59 Å². The second-order valence-electron chi connectivity index (χ2n) is 10.2. The van der Waals surface area contributed by atoms with Crippen molar-refractivity contribution in [3.63, 3.8) is 0 Å². The molecule has 0 bridgehead atoms. The van der Waals surface area contributed by atoms with Crippen molar-refractivity contribution in [2.24, 2.45) is 5.18 Å². The lowest BCUT2D eigenvalue weighted by molar-refractivity contribution is -0.131. The Kier molecular flexibility index (Phi) is 8.64. The minimum Gasteiger partial charge on any atom is -0.370 e. The average Bonchev–Trinajstić information content (AvgIpc) is 2.93. The van der Waals surface area contributed by atoms with Gasteiger partial charge >= 0.3 is 0 Å². The molecule has 39 heavy (non-hydrogen) atoms. The van der Waals surface area contributed by atoms with E-state index in [1.807, 2.05) is 24.3 Å². The highest BCUT2D eigenvalue weighted by Gasteiger charge is 2.26. The first-order valence-corrected chi connectivity index (χ1v) is 13.2. The summed E-state index contributed by atoms with van der Waals surface area (Å²) >= 11 is 0. The Bertz CT molecular complexity index is 1570. The molecule has 0 saturated heterocycles. The average molecular weight is 520 g/mol. The van der Waals surface area contributed by atoms with E-state index in [1.165, 1.54) is 5.56 Å². The van der Waals surface area contributed by atoms with Gasteiger partial charge in [0.1, 0.15) is 19.6 Å². The monoisotopic (exact) mass is 520 g/mol. The van der Waals surface area contributed by atoms with Crippen molar-refractivity contribution in [3.05, 3.63) is 104 Å². The molecule has 2 radical (unpaired) electrons. The third kappa shape index (κ3) is 6.28. The fourth-order valence-electron chi connectivity index (χ4n) is 5.09. The maximum atomic E-state index is 14.0. The van der Waals surface area contributed by atoms with Crippen LogP contribution >= 0.6 is 0 Å². The summed E-state index contributed by atoms with van der Waals surface area (Å²) < 4.78 is 0. The number of aromatic nitrogens is 1. The Morgan fingerprint density at radius 3 is 2.62 bits per heavy atom. The third-order valence-electron chi connectivity index (χ3n) is 7.23. The zero-order chi connectivity index (χ0) is 28.1. The van der Waals surface area contributed by atoms with E-state index < -0.39 is 6.04 Å². The van der Waals surface area contributed by atoms with Crippen LogP contribution in [0.5, 0.6) is 0 Å². The van der Waals surface area contributed by atoms with Crippen molar-refractivity contribution in [1.82, 2.24) is 9.88 Å². The van der Waals surface area contributed by atoms with E-state index in [0.29, 0.717) is 28.0 Å². The van der Waals surface area contributed by atoms with Crippen LogP contribution in [-0.2, 0) is 11.3 Å². The number of likely N-dealkylation sites (N-methyl/N-ethyl adjacent to an activating group) is 1. The lowest BCUT2D eigenvalue weighted by Gasteiger charge is -2.27. The Labute approximate surface area is 230 Å². The highest BCUT2D eigenvalue weighted by atomic mass is 16.3. The summed E-state index contributed by atoms with van der Waals surface area (Å²) in [6.07, 6.45) is 3.80. The second-order valence-corrected chi connectivity index (χ2v) is 10.2. The van der Waals surface area contributed by atoms with Gasteiger partial charge in [-0.2, -0.15) is 0 Å². The minimum atomic E-state index is -0.724. The first-order chi connectivity index (χ1) is 18.7. The molecule has 0 aliphatic carbocycles. The van der Waals surface area contributed by atoms with Crippen LogP contribution < -0.4 is 16.3 Å². The molecule has 0 aliphatic rings. The van der Waals surface area contributed by atoms with Crippen LogP contribution in [0.25, 0.3) is 10.8 Å². The quantitative estimate of drug-likeness (QED) is 0.206. The summed E-state index contributed by atoms with van der Waals surface area (Å²) in [6.45, 7) is 6.68. The van der Waals surface area contributed by atoms with Crippen molar-refractivity contribution >= 4 is 41.4 Å². The molecule has 2 atom stereocenters. The van der Waals surface area contributed by atoms with Crippen LogP contribution in [0, 0.1) is 11.8 Å². The molecule has 198 valence electrons. The molecule has 0 aliphatic heterocycles. The largest absolute Gasteiger partial charge is 0.370 e. The number of hydrogen-bond acceptors (Lipinski definition) is 5. The van der Waals surface area contributed by atoms with Gasteiger partial charge in [-0.25, -0.2) is 0 Å². The van der Waals surface area contributed by atoms with Gasteiger partial charge in [-0.1, -0.05) is 56.1 Å². The number of carbonyl (C=O) groups excluding carboxylic acids is 1. The van der Waals surface area contributed by atoms with E-state index in [4.69, 9.17) is 7.85 Å². The number of aryl methyl sites for hydroxylation is 1. The van der Waals surface area contributed by atoms with Crippen molar-refractivity contribution in [3.8, 4) is 0 Å². The van der Waals surface area contributed by atoms with E-state index in [-0.39, 0.29) is 23.7 Å². The van der Waals surface area contributed by atoms with Gasteiger partial charge in [0, 0.05) is 30.9 Å². The number of rotatable bonds is 10. The van der Waals surface area contributed by atoms with Crippen molar-refractivity contribution in [2.45, 2.75) is 52.1 Å². The lowest BCUT2D eigenvalue weighted by atomic mass is 9.89. The SMILES string of the molecule is [B]c1ccc(N=O)cc1CN(C)C(=O)C(Nc1ccc2cc[nH]c(=O)c2c1)c1ccc([C@@H](C)CCC)c(C)c1. The molecule has 8 heteroatoms. The molecule has 3 aromatic carbocycles. The summed E-state index contributed by atoms with van der Waals surface area (Å²) in [6, 6.07) is 17.5. The van der Waals surface area contributed by atoms with E-state index >= 15 is 0 Å². The number of pyridine rings is 1. The van der Waals surface area contributed by atoms with Crippen LogP contribution in [0.4, 0.5) is 11.4 Å². The zero-order valence-electron chi connectivity index (χ0n) is 22.8. The number of anilines is 1. The van der Waals surface area contributed by atoms with Crippen LogP contribution in [0.3, 0.4) is 0 Å². The Hall–Kier alpha value is -4.20. The summed E-state index contributed by atoms with van der Waals surface area (Å²) in [7, 11) is 7.83. The number of hydrogen-bond donors (Lipinski definition) is 2. The van der Waals surface area contributed by atoms with Crippen molar-refractivity contribution in [1.29, 1.82) is 0 Å². The molecule has 4 rings (SSSR count). The van der Waals surface area contributed by atoms with Crippen molar-refractivity contribution in [2.75, 3.05) is 12.4 Å². The Balaban J connectivity index is 1.71. The molecule has 2 N–H and O–H groups in total. The molecular weight excluding hydrogens is 487 g/mol. The molecule has 1 heterocycles. The first-order valence-electron chi connectivity index (χ1n) is 13.2. The standard InChI is InChI=1S/C31H33BN4O3/c1-5-6-19(2)26-11-8-22(15-20(26)3)29(34-24-9-7-21-13-14-33-30(37)27(21)17-24)31(38)36(4)18-23-16-25(35-39)10-12-28(23)32/h7-17,19,29,34H,5-6,18H2,1-4H3,(H,33,37)/t19-,29?/m0/s1. The maximum Gasteiger partial charge on any atom is 0.255 e. The maximum absolute atomic E-state index is 14.0. The smallest absolute Gasteiger partial charge is 0.255 e. The topological polar surface area (TPSA) is 94.6 Å². The molecule has 0 fully saturated rings. The van der Waals surface area contributed by atoms with E-state index in [1.54, 1.807) is 42.4 Å². The highest BCUT2D eigenvalue weighted by Crippen LogP contribution is 2.30. The van der Waals surface area contributed by atoms with Crippen LogP contribution in [0.15, 0.2) is 76.8 Å².